The van der Waals surface area contributed by atoms with Crippen molar-refractivity contribution in [3.8, 4) is 11.1 Å². The van der Waals surface area contributed by atoms with Crippen molar-refractivity contribution in [2.24, 2.45) is 0 Å². The number of unbranched alkanes of at least 4 members (excludes halogenated alkanes) is 2. The average Bonchev–Trinajstić information content (AvgIpc) is 2.75. The minimum absolute atomic E-state index is 0.302. The highest BCUT2D eigenvalue weighted by Crippen LogP contribution is 2.22. The lowest BCUT2D eigenvalue weighted by Crippen LogP contribution is -2.24. The Morgan fingerprint density at radius 1 is 0.828 bits per heavy atom. The van der Waals surface area contributed by atoms with E-state index >= 15 is 0 Å². The third-order valence-electron chi connectivity index (χ3n) is 5.22. The summed E-state index contributed by atoms with van der Waals surface area (Å²) >= 11 is 0. The smallest absolute Gasteiger partial charge is 0.243 e. The van der Waals surface area contributed by atoms with E-state index in [1.807, 2.05) is 0 Å². The van der Waals surface area contributed by atoms with Gasteiger partial charge in [-0.1, -0.05) is 68.8 Å². The van der Waals surface area contributed by atoms with Gasteiger partial charge in [0.2, 0.25) is 5.91 Å². The van der Waals surface area contributed by atoms with Crippen molar-refractivity contribution in [3.05, 3.63) is 59.7 Å². The molecule has 2 rings (SSSR count). The molecule has 2 N–H and O–H groups in total. The number of carbonyl (C=O) groups is 1. The van der Waals surface area contributed by atoms with Gasteiger partial charge in [0.25, 0.3) is 0 Å². The fourth-order valence-electron chi connectivity index (χ4n) is 3.67. The van der Waals surface area contributed by atoms with E-state index in [0.29, 0.717) is 6.42 Å². The second kappa shape index (κ2) is 13.1. The number of nitrogens with one attached hydrogen (secondary N) is 1. The lowest BCUT2D eigenvalue weighted by Gasteiger charge is -2.21. The van der Waals surface area contributed by atoms with Crippen LogP contribution in [0.3, 0.4) is 0 Å². The average molecular weight is 397 g/mol. The second-order valence-corrected chi connectivity index (χ2v) is 7.77. The van der Waals surface area contributed by atoms with Gasteiger partial charge in [0, 0.05) is 13.0 Å². The molecule has 0 heterocycles. The maximum Gasteiger partial charge on any atom is 0.243 e. The van der Waals surface area contributed by atoms with E-state index in [2.05, 4.69) is 67.3 Å². The molecule has 0 atom stereocenters. The summed E-state index contributed by atoms with van der Waals surface area (Å²) in [4.78, 5) is 13.5. The van der Waals surface area contributed by atoms with Gasteiger partial charge in [0.1, 0.15) is 0 Å². The molecule has 0 aliphatic rings. The SMILES string of the molecule is CCCN(CCC)Cc1ccc(-c2ccc(CCCCCC(=O)NO)cc2)cc1. The van der Waals surface area contributed by atoms with Crippen LogP contribution in [0, 0.1) is 0 Å². The molecule has 0 aliphatic heterocycles. The largest absolute Gasteiger partial charge is 0.299 e. The third-order valence-corrected chi connectivity index (χ3v) is 5.22. The van der Waals surface area contributed by atoms with E-state index in [1.165, 1.54) is 35.1 Å². The second-order valence-electron chi connectivity index (χ2n) is 7.77. The Hall–Kier alpha value is -2.17. The van der Waals surface area contributed by atoms with E-state index in [9.17, 15) is 4.79 Å². The Morgan fingerprint density at radius 3 is 1.90 bits per heavy atom. The standard InChI is InChI=1S/C25H36N2O2/c1-3-18-27(19-4-2)20-22-12-16-24(17-13-22)23-14-10-21(11-15-23)8-6-5-7-9-25(28)26-29/h10-17,29H,3-9,18-20H2,1-2H3,(H,26,28). The normalized spacial score (nSPS) is 11.0. The zero-order valence-corrected chi connectivity index (χ0v) is 18.0. The van der Waals surface area contributed by atoms with Crippen molar-refractivity contribution in [2.45, 2.75) is 65.3 Å². The molecule has 0 radical (unpaired) electrons. The molecule has 0 fully saturated rings. The molecule has 0 saturated heterocycles. The first-order valence-electron chi connectivity index (χ1n) is 11.0. The van der Waals surface area contributed by atoms with E-state index in [4.69, 9.17) is 5.21 Å². The van der Waals surface area contributed by atoms with Gasteiger partial charge in [-0.15, -0.1) is 0 Å². The highest BCUT2D eigenvalue weighted by atomic mass is 16.5. The number of aryl methyl sites for hydroxylation is 1. The summed E-state index contributed by atoms with van der Waals surface area (Å²) in [6.07, 6.45) is 6.66. The van der Waals surface area contributed by atoms with Gasteiger partial charge in [-0.05, 0) is 67.4 Å². The van der Waals surface area contributed by atoms with Crippen molar-refractivity contribution in [1.82, 2.24) is 10.4 Å². The van der Waals surface area contributed by atoms with Crippen LogP contribution in [-0.2, 0) is 17.8 Å². The molecule has 0 unspecified atom stereocenters. The molecule has 0 saturated carbocycles. The van der Waals surface area contributed by atoms with Gasteiger partial charge < -0.3 is 0 Å². The van der Waals surface area contributed by atoms with Crippen LogP contribution in [0.2, 0.25) is 0 Å². The van der Waals surface area contributed by atoms with Crippen molar-refractivity contribution < 1.29 is 10.0 Å². The minimum atomic E-state index is -0.302. The zero-order valence-electron chi connectivity index (χ0n) is 18.0. The number of amides is 1. The molecule has 2 aromatic carbocycles. The number of nitrogens with zero attached hydrogens (tertiary/aromatic N) is 1. The first kappa shape index (κ1) is 23.1. The Labute approximate surface area is 175 Å². The third kappa shape index (κ3) is 8.38. The number of hydroxylamine groups is 1. The van der Waals surface area contributed by atoms with E-state index in [-0.39, 0.29) is 5.91 Å². The summed E-state index contributed by atoms with van der Waals surface area (Å²) < 4.78 is 0. The quantitative estimate of drug-likeness (QED) is 0.264. The van der Waals surface area contributed by atoms with Crippen LogP contribution >= 0.6 is 0 Å². The van der Waals surface area contributed by atoms with Crippen LogP contribution in [0.1, 0.15) is 63.5 Å². The van der Waals surface area contributed by atoms with Crippen LogP contribution in [0.4, 0.5) is 0 Å². The highest BCUT2D eigenvalue weighted by Gasteiger charge is 2.05. The van der Waals surface area contributed by atoms with Crippen molar-refractivity contribution in [2.75, 3.05) is 13.1 Å². The van der Waals surface area contributed by atoms with Gasteiger partial charge in [-0.3, -0.25) is 14.9 Å². The number of carbonyl (C=O) groups excluding carboxylic acids is 1. The minimum Gasteiger partial charge on any atom is -0.299 e. The van der Waals surface area contributed by atoms with E-state index in [0.717, 1.165) is 45.3 Å². The zero-order chi connectivity index (χ0) is 20.9. The fourth-order valence-corrected chi connectivity index (χ4v) is 3.67. The van der Waals surface area contributed by atoms with Gasteiger partial charge >= 0.3 is 0 Å². The molecule has 4 heteroatoms. The van der Waals surface area contributed by atoms with Crippen LogP contribution in [0.15, 0.2) is 48.5 Å². The van der Waals surface area contributed by atoms with Gasteiger partial charge in [-0.2, -0.15) is 0 Å². The number of hydrogen-bond acceptors (Lipinski definition) is 3. The Kier molecular flexibility index (Phi) is 10.5. The predicted octanol–water partition coefficient (Wildman–Crippen LogP) is 5.58. The predicted molar refractivity (Wildman–Crippen MR) is 120 cm³/mol. The van der Waals surface area contributed by atoms with Crippen LogP contribution < -0.4 is 5.48 Å². The van der Waals surface area contributed by atoms with Crippen molar-refractivity contribution in [1.29, 1.82) is 0 Å². The molecular formula is C25H36N2O2. The molecule has 2 aromatic rings. The molecule has 0 aliphatic carbocycles. The van der Waals surface area contributed by atoms with Crippen molar-refractivity contribution in [3.63, 3.8) is 0 Å². The molecule has 1 amide bonds. The van der Waals surface area contributed by atoms with Gasteiger partial charge in [0.15, 0.2) is 0 Å². The van der Waals surface area contributed by atoms with Crippen LogP contribution in [-0.4, -0.2) is 29.1 Å². The summed E-state index contributed by atoms with van der Waals surface area (Å²) in [5.74, 6) is -0.302. The monoisotopic (exact) mass is 396 g/mol. The lowest BCUT2D eigenvalue weighted by molar-refractivity contribution is -0.129. The first-order chi connectivity index (χ1) is 14.2. The maximum atomic E-state index is 11.0. The summed E-state index contributed by atoms with van der Waals surface area (Å²) in [5, 5.41) is 8.48. The maximum absolute atomic E-state index is 11.0. The summed E-state index contributed by atoms with van der Waals surface area (Å²) in [6, 6.07) is 17.8. The topological polar surface area (TPSA) is 52.6 Å². The van der Waals surface area contributed by atoms with Gasteiger partial charge in [-0.25, -0.2) is 5.48 Å². The Bertz CT molecular complexity index is 705. The van der Waals surface area contributed by atoms with E-state index < -0.39 is 0 Å². The molecule has 4 nitrogen and oxygen atoms in total. The highest BCUT2D eigenvalue weighted by molar-refractivity contribution is 5.74. The summed E-state index contributed by atoms with van der Waals surface area (Å²) in [7, 11) is 0. The molecule has 0 spiro atoms. The van der Waals surface area contributed by atoms with Crippen LogP contribution in [0.25, 0.3) is 11.1 Å². The lowest BCUT2D eigenvalue weighted by atomic mass is 10.00. The van der Waals surface area contributed by atoms with Crippen molar-refractivity contribution >= 4 is 5.91 Å². The molecule has 158 valence electrons. The molecular weight excluding hydrogens is 360 g/mol. The van der Waals surface area contributed by atoms with Crippen LogP contribution in [0.5, 0.6) is 0 Å². The molecule has 29 heavy (non-hydrogen) atoms. The first-order valence-corrected chi connectivity index (χ1v) is 11.0. The number of rotatable bonds is 13. The Morgan fingerprint density at radius 2 is 1.38 bits per heavy atom. The number of benzene rings is 2. The Balaban J connectivity index is 1.83. The molecule has 0 aromatic heterocycles. The molecule has 0 bridgehead atoms. The number of hydrogen-bond donors (Lipinski definition) is 2. The summed E-state index contributed by atoms with van der Waals surface area (Å²) in [5.41, 5.74) is 6.89. The van der Waals surface area contributed by atoms with E-state index in [1.54, 1.807) is 5.48 Å². The van der Waals surface area contributed by atoms with Gasteiger partial charge in [0.05, 0.1) is 0 Å². The summed E-state index contributed by atoms with van der Waals surface area (Å²) in [6.45, 7) is 7.83. The fraction of sp³-hybridized carbons (Fsp3) is 0.480.